The van der Waals surface area contributed by atoms with Crippen LogP contribution in [0.1, 0.15) is 27.2 Å². The lowest BCUT2D eigenvalue weighted by molar-refractivity contribution is 0.245. The van der Waals surface area contributed by atoms with Crippen LogP contribution in [0.3, 0.4) is 0 Å². The van der Waals surface area contributed by atoms with Crippen LogP contribution in [0.25, 0.3) is 0 Å². The lowest BCUT2D eigenvalue weighted by Gasteiger charge is -2.24. The normalized spacial score (nSPS) is 28.9. The van der Waals surface area contributed by atoms with Crippen molar-refractivity contribution < 1.29 is 0 Å². The fourth-order valence-electron chi connectivity index (χ4n) is 2.71. The van der Waals surface area contributed by atoms with Gasteiger partial charge in [0.15, 0.2) is 0 Å². The Morgan fingerprint density at radius 3 is 2.56 bits per heavy atom. The van der Waals surface area contributed by atoms with Crippen molar-refractivity contribution in [3.8, 4) is 0 Å². The van der Waals surface area contributed by atoms with Gasteiger partial charge in [0.1, 0.15) is 0 Å². The van der Waals surface area contributed by atoms with Gasteiger partial charge in [-0.1, -0.05) is 13.8 Å². The van der Waals surface area contributed by atoms with E-state index in [2.05, 4.69) is 50.0 Å². The third kappa shape index (κ3) is 4.04. The molecule has 0 spiro atoms. The molecule has 1 fully saturated rings. The molecule has 3 heteroatoms. The quantitative estimate of drug-likeness (QED) is 0.737. The molecule has 1 heterocycles. The molecule has 3 unspecified atom stereocenters. The molecule has 0 aliphatic carbocycles. The fourth-order valence-corrected chi connectivity index (χ4v) is 2.71. The third-order valence-electron chi connectivity index (χ3n) is 3.59. The maximum Gasteiger partial charge on any atom is 0.0254 e. The van der Waals surface area contributed by atoms with E-state index in [1.54, 1.807) is 0 Å². The zero-order valence-electron chi connectivity index (χ0n) is 11.7. The van der Waals surface area contributed by atoms with E-state index in [-0.39, 0.29) is 0 Å². The van der Waals surface area contributed by atoms with Gasteiger partial charge in [0.2, 0.25) is 0 Å². The second kappa shape index (κ2) is 6.58. The summed E-state index contributed by atoms with van der Waals surface area (Å²) in [5.74, 6) is 0.799. The molecule has 1 aliphatic rings. The molecule has 1 aliphatic heterocycles. The smallest absolute Gasteiger partial charge is 0.0254 e. The van der Waals surface area contributed by atoms with Gasteiger partial charge < -0.3 is 10.2 Å². The van der Waals surface area contributed by atoms with E-state index in [0.717, 1.165) is 18.5 Å². The Hall–Kier alpha value is -0.120. The topological polar surface area (TPSA) is 18.5 Å². The van der Waals surface area contributed by atoms with Crippen molar-refractivity contribution in [3.05, 3.63) is 0 Å². The summed E-state index contributed by atoms with van der Waals surface area (Å²) in [5, 5.41) is 3.56. The minimum Gasteiger partial charge on any atom is -0.313 e. The van der Waals surface area contributed by atoms with Crippen molar-refractivity contribution in [1.82, 2.24) is 15.1 Å². The molecule has 3 atom stereocenters. The highest BCUT2D eigenvalue weighted by molar-refractivity contribution is 4.87. The van der Waals surface area contributed by atoms with E-state index in [1.165, 1.54) is 26.1 Å². The monoisotopic (exact) mass is 227 g/mol. The van der Waals surface area contributed by atoms with Crippen molar-refractivity contribution in [2.45, 2.75) is 39.3 Å². The van der Waals surface area contributed by atoms with E-state index in [9.17, 15) is 0 Å². The molecule has 0 bridgehead atoms. The molecular weight excluding hydrogens is 198 g/mol. The Kier molecular flexibility index (Phi) is 5.73. The molecule has 96 valence electrons. The van der Waals surface area contributed by atoms with Gasteiger partial charge in [-0.15, -0.1) is 0 Å². The number of likely N-dealkylation sites (N-methyl/N-ethyl adjacent to an activating group) is 1. The van der Waals surface area contributed by atoms with Crippen LogP contribution in [0.2, 0.25) is 0 Å². The summed E-state index contributed by atoms with van der Waals surface area (Å²) in [7, 11) is 4.40. The molecule has 0 aromatic rings. The van der Waals surface area contributed by atoms with Gasteiger partial charge in [0.25, 0.3) is 0 Å². The molecule has 0 radical (unpaired) electrons. The summed E-state index contributed by atoms with van der Waals surface area (Å²) in [6.07, 6.45) is 1.22. The zero-order valence-corrected chi connectivity index (χ0v) is 11.7. The molecule has 3 nitrogen and oxygen atoms in total. The van der Waals surface area contributed by atoms with Crippen LogP contribution in [0.4, 0.5) is 0 Å². The Balaban J connectivity index is 2.29. The highest BCUT2D eigenvalue weighted by atomic mass is 15.2. The lowest BCUT2D eigenvalue weighted by atomic mass is 10.1. The average molecular weight is 227 g/mol. The summed E-state index contributed by atoms with van der Waals surface area (Å²) in [5.41, 5.74) is 0. The van der Waals surface area contributed by atoms with E-state index < -0.39 is 0 Å². The molecule has 1 rings (SSSR count). The van der Waals surface area contributed by atoms with Crippen LogP contribution in [-0.2, 0) is 0 Å². The summed E-state index contributed by atoms with van der Waals surface area (Å²) in [4.78, 5) is 4.97. The van der Waals surface area contributed by atoms with Gasteiger partial charge in [0, 0.05) is 31.7 Å². The Bertz CT molecular complexity index is 194. The SMILES string of the molecule is CCCNC(C)CN1CC(C)C(N(C)C)C1. The highest BCUT2D eigenvalue weighted by Crippen LogP contribution is 2.19. The Morgan fingerprint density at radius 1 is 1.38 bits per heavy atom. The number of likely N-dealkylation sites (tertiary alicyclic amines) is 1. The minimum atomic E-state index is 0.619. The molecule has 0 amide bonds. The summed E-state index contributed by atoms with van der Waals surface area (Å²) in [6.45, 7) is 11.7. The maximum atomic E-state index is 3.56. The van der Waals surface area contributed by atoms with Crippen LogP contribution in [0.5, 0.6) is 0 Å². The number of hydrogen-bond acceptors (Lipinski definition) is 3. The van der Waals surface area contributed by atoms with E-state index in [1.807, 2.05) is 0 Å². The van der Waals surface area contributed by atoms with Crippen LogP contribution >= 0.6 is 0 Å². The van der Waals surface area contributed by atoms with Gasteiger partial charge in [-0.25, -0.2) is 0 Å². The van der Waals surface area contributed by atoms with E-state index >= 15 is 0 Å². The van der Waals surface area contributed by atoms with Gasteiger partial charge in [-0.3, -0.25) is 4.90 Å². The molecule has 0 saturated carbocycles. The van der Waals surface area contributed by atoms with Gasteiger partial charge in [-0.2, -0.15) is 0 Å². The third-order valence-corrected chi connectivity index (χ3v) is 3.59. The van der Waals surface area contributed by atoms with Crippen LogP contribution in [0.15, 0.2) is 0 Å². The summed E-state index contributed by atoms with van der Waals surface area (Å²) >= 11 is 0. The number of rotatable bonds is 6. The van der Waals surface area contributed by atoms with E-state index in [0.29, 0.717) is 6.04 Å². The summed E-state index contributed by atoms with van der Waals surface area (Å²) in [6, 6.07) is 1.35. The van der Waals surface area contributed by atoms with Crippen molar-refractivity contribution in [1.29, 1.82) is 0 Å². The fraction of sp³-hybridized carbons (Fsp3) is 1.00. The molecule has 1 N–H and O–H groups in total. The highest BCUT2D eigenvalue weighted by Gasteiger charge is 2.31. The number of nitrogens with zero attached hydrogens (tertiary/aromatic N) is 2. The van der Waals surface area contributed by atoms with Crippen LogP contribution in [-0.4, -0.2) is 62.2 Å². The standard InChI is InChI=1S/C13H29N3/c1-6-7-14-12(3)9-16-8-11(2)13(10-16)15(4)5/h11-14H,6-10H2,1-5H3. The molecule has 1 saturated heterocycles. The summed E-state index contributed by atoms with van der Waals surface area (Å²) < 4.78 is 0. The van der Waals surface area contributed by atoms with Crippen molar-refractivity contribution in [2.75, 3.05) is 40.3 Å². The Labute approximate surface area is 101 Å². The Morgan fingerprint density at radius 2 is 2.06 bits per heavy atom. The predicted molar refractivity (Wildman–Crippen MR) is 70.8 cm³/mol. The van der Waals surface area contributed by atoms with Crippen molar-refractivity contribution in [2.24, 2.45) is 5.92 Å². The molecular formula is C13H29N3. The first-order chi connectivity index (χ1) is 7.54. The van der Waals surface area contributed by atoms with Gasteiger partial charge in [-0.05, 0) is 39.9 Å². The average Bonchev–Trinajstić information content (AvgIpc) is 2.56. The first kappa shape index (κ1) is 13.9. The van der Waals surface area contributed by atoms with Crippen molar-refractivity contribution in [3.63, 3.8) is 0 Å². The van der Waals surface area contributed by atoms with Crippen LogP contribution < -0.4 is 5.32 Å². The molecule has 0 aromatic carbocycles. The van der Waals surface area contributed by atoms with Crippen LogP contribution in [0, 0.1) is 5.92 Å². The molecule has 16 heavy (non-hydrogen) atoms. The molecule has 0 aromatic heterocycles. The van der Waals surface area contributed by atoms with Crippen molar-refractivity contribution >= 4 is 0 Å². The second-order valence-corrected chi connectivity index (χ2v) is 5.58. The minimum absolute atomic E-state index is 0.619. The first-order valence-corrected chi connectivity index (χ1v) is 6.66. The predicted octanol–water partition coefficient (Wildman–Crippen LogP) is 1.26. The second-order valence-electron chi connectivity index (χ2n) is 5.58. The number of hydrogen-bond donors (Lipinski definition) is 1. The zero-order chi connectivity index (χ0) is 12.1. The number of nitrogens with one attached hydrogen (secondary N) is 1. The maximum absolute atomic E-state index is 3.56. The largest absolute Gasteiger partial charge is 0.313 e. The van der Waals surface area contributed by atoms with Gasteiger partial charge >= 0.3 is 0 Å². The lowest BCUT2D eigenvalue weighted by Crippen LogP contribution is -2.40. The van der Waals surface area contributed by atoms with E-state index in [4.69, 9.17) is 0 Å². The first-order valence-electron chi connectivity index (χ1n) is 6.66. The van der Waals surface area contributed by atoms with Gasteiger partial charge in [0.05, 0.1) is 0 Å².